The van der Waals surface area contributed by atoms with E-state index < -0.39 is 0 Å². The van der Waals surface area contributed by atoms with E-state index in [9.17, 15) is 9.18 Å². The molecule has 2 aliphatic rings. The SMILES string of the molecule is CCN1CCN(c2ccc(F)cc2C(C)NC(=O)[C@@H]2CCCN2)CC1. The first-order chi connectivity index (χ1) is 12.1. The van der Waals surface area contributed by atoms with Gasteiger partial charge < -0.3 is 20.4 Å². The monoisotopic (exact) mass is 348 g/mol. The fourth-order valence-corrected chi connectivity index (χ4v) is 3.77. The molecule has 25 heavy (non-hydrogen) atoms. The van der Waals surface area contributed by atoms with Crippen LogP contribution < -0.4 is 15.5 Å². The molecule has 5 nitrogen and oxygen atoms in total. The number of amides is 1. The molecule has 2 fully saturated rings. The highest BCUT2D eigenvalue weighted by atomic mass is 19.1. The summed E-state index contributed by atoms with van der Waals surface area (Å²) in [5, 5.41) is 6.27. The molecule has 138 valence electrons. The summed E-state index contributed by atoms with van der Waals surface area (Å²) >= 11 is 0. The molecule has 2 N–H and O–H groups in total. The zero-order valence-electron chi connectivity index (χ0n) is 15.2. The predicted molar refractivity (Wildman–Crippen MR) is 98.3 cm³/mol. The summed E-state index contributed by atoms with van der Waals surface area (Å²) in [7, 11) is 0. The van der Waals surface area contributed by atoms with Crippen molar-refractivity contribution in [3.05, 3.63) is 29.6 Å². The van der Waals surface area contributed by atoms with Crippen molar-refractivity contribution in [2.24, 2.45) is 0 Å². The molecule has 0 bridgehead atoms. The van der Waals surface area contributed by atoms with E-state index >= 15 is 0 Å². The first-order valence-electron chi connectivity index (χ1n) is 9.39. The van der Waals surface area contributed by atoms with Gasteiger partial charge in [0.15, 0.2) is 0 Å². The number of benzene rings is 1. The van der Waals surface area contributed by atoms with E-state index in [-0.39, 0.29) is 23.8 Å². The molecule has 1 amide bonds. The van der Waals surface area contributed by atoms with E-state index in [2.05, 4.69) is 27.4 Å². The van der Waals surface area contributed by atoms with E-state index in [0.29, 0.717) is 0 Å². The highest BCUT2D eigenvalue weighted by Crippen LogP contribution is 2.28. The fraction of sp³-hybridized carbons (Fsp3) is 0.632. The quantitative estimate of drug-likeness (QED) is 0.853. The van der Waals surface area contributed by atoms with Gasteiger partial charge in [0.25, 0.3) is 0 Å². The zero-order valence-corrected chi connectivity index (χ0v) is 15.2. The Hall–Kier alpha value is -1.66. The number of halogens is 1. The molecule has 0 spiro atoms. The minimum absolute atomic E-state index is 0.0102. The van der Waals surface area contributed by atoms with E-state index in [0.717, 1.165) is 63.4 Å². The number of carbonyl (C=O) groups is 1. The Kier molecular flexibility index (Phi) is 5.91. The smallest absolute Gasteiger partial charge is 0.237 e. The number of carbonyl (C=O) groups excluding carboxylic acids is 1. The summed E-state index contributed by atoms with van der Waals surface area (Å²) in [6, 6.07) is 4.59. The summed E-state index contributed by atoms with van der Waals surface area (Å²) in [4.78, 5) is 17.1. The molecule has 0 aliphatic carbocycles. The predicted octanol–water partition coefficient (Wildman–Crippen LogP) is 1.90. The van der Waals surface area contributed by atoms with Crippen LogP contribution in [0.5, 0.6) is 0 Å². The second kappa shape index (κ2) is 8.15. The number of nitrogens with zero attached hydrogens (tertiary/aromatic N) is 2. The Morgan fingerprint density at radius 3 is 2.76 bits per heavy atom. The Morgan fingerprint density at radius 1 is 1.36 bits per heavy atom. The third-order valence-corrected chi connectivity index (χ3v) is 5.35. The maximum atomic E-state index is 13.9. The summed E-state index contributed by atoms with van der Waals surface area (Å²) in [5.74, 6) is -0.248. The fourth-order valence-electron chi connectivity index (χ4n) is 3.77. The van der Waals surface area contributed by atoms with E-state index in [1.165, 1.54) is 6.07 Å². The van der Waals surface area contributed by atoms with Gasteiger partial charge in [-0.2, -0.15) is 0 Å². The van der Waals surface area contributed by atoms with Gasteiger partial charge in [0, 0.05) is 37.4 Å². The lowest BCUT2D eigenvalue weighted by atomic mass is 10.0. The van der Waals surface area contributed by atoms with Crippen LogP contribution in [0.4, 0.5) is 10.1 Å². The lowest BCUT2D eigenvalue weighted by molar-refractivity contribution is -0.123. The molecule has 2 heterocycles. The van der Waals surface area contributed by atoms with E-state index in [1.54, 1.807) is 6.07 Å². The number of hydrogen-bond acceptors (Lipinski definition) is 4. The summed E-state index contributed by atoms with van der Waals surface area (Å²) in [6.07, 6.45) is 1.90. The number of rotatable bonds is 5. The van der Waals surface area contributed by atoms with E-state index in [4.69, 9.17) is 0 Å². The lowest BCUT2D eigenvalue weighted by Crippen LogP contribution is -2.47. The topological polar surface area (TPSA) is 47.6 Å². The average Bonchev–Trinajstić information content (AvgIpc) is 3.16. The van der Waals surface area contributed by atoms with Gasteiger partial charge in [-0.25, -0.2) is 4.39 Å². The van der Waals surface area contributed by atoms with Crippen LogP contribution in [0.25, 0.3) is 0 Å². The highest BCUT2D eigenvalue weighted by Gasteiger charge is 2.26. The summed E-state index contributed by atoms with van der Waals surface area (Å²) in [5.41, 5.74) is 1.89. The molecular formula is C19H29FN4O. The van der Waals surface area contributed by atoms with Gasteiger partial charge in [-0.15, -0.1) is 0 Å². The van der Waals surface area contributed by atoms with Gasteiger partial charge in [0.2, 0.25) is 5.91 Å². The van der Waals surface area contributed by atoms with Gasteiger partial charge in [0.05, 0.1) is 12.1 Å². The maximum Gasteiger partial charge on any atom is 0.237 e. The number of hydrogen-bond donors (Lipinski definition) is 2. The van der Waals surface area contributed by atoms with Crippen molar-refractivity contribution in [2.75, 3.05) is 44.2 Å². The third kappa shape index (κ3) is 4.30. The second-order valence-electron chi connectivity index (χ2n) is 7.00. The second-order valence-corrected chi connectivity index (χ2v) is 7.00. The Labute approximate surface area is 149 Å². The van der Waals surface area contributed by atoms with Crippen LogP contribution in [0.15, 0.2) is 18.2 Å². The molecule has 0 radical (unpaired) electrons. The number of anilines is 1. The van der Waals surface area contributed by atoms with Crippen molar-refractivity contribution < 1.29 is 9.18 Å². The van der Waals surface area contributed by atoms with Crippen molar-refractivity contribution in [1.29, 1.82) is 0 Å². The number of likely N-dealkylation sites (N-methyl/N-ethyl adjacent to an activating group) is 1. The molecule has 6 heteroatoms. The van der Waals surface area contributed by atoms with Crippen LogP contribution in [0.1, 0.15) is 38.3 Å². The van der Waals surface area contributed by atoms with Crippen molar-refractivity contribution in [3.8, 4) is 0 Å². The molecule has 2 saturated heterocycles. The van der Waals surface area contributed by atoms with Crippen molar-refractivity contribution in [3.63, 3.8) is 0 Å². The van der Waals surface area contributed by atoms with Crippen LogP contribution in [-0.2, 0) is 4.79 Å². The largest absolute Gasteiger partial charge is 0.369 e. The van der Waals surface area contributed by atoms with Gasteiger partial charge in [-0.1, -0.05) is 6.92 Å². The van der Waals surface area contributed by atoms with Crippen molar-refractivity contribution >= 4 is 11.6 Å². The minimum atomic E-state index is -0.258. The molecular weight excluding hydrogens is 319 g/mol. The Bertz CT molecular complexity index is 595. The number of nitrogens with one attached hydrogen (secondary N) is 2. The molecule has 2 atom stereocenters. The maximum absolute atomic E-state index is 13.9. The molecule has 1 aromatic carbocycles. The third-order valence-electron chi connectivity index (χ3n) is 5.35. The van der Waals surface area contributed by atoms with Crippen LogP contribution in [0.2, 0.25) is 0 Å². The molecule has 0 saturated carbocycles. The summed E-state index contributed by atoms with van der Waals surface area (Å²) < 4.78 is 13.9. The molecule has 1 unspecified atom stereocenters. The van der Waals surface area contributed by atoms with Gasteiger partial charge in [-0.3, -0.25) is 4.79 Å². The first kappa shape index (κ1) is 18.1. The lowest BCUT2D eigenvalue weighted by Gasteiger charge is -2.37. The molecule has 3 rings (SSSR count). The van der Waals surface area contributed by atoms with Crippen LogP contribution >= 0.6 is 0 Å². The highest BCUT2D eigenvalue weighted by molar-refractivity contribution is 5.82. The molecule has 0 aromatic heterocycles. The zero-order chi connectivity index (χ0) is 17.8. The normalized spacial score (nSPS) is 22.8. The van der Waals surface area contributed by atoms with Gasteiger partial charge >= 0.3 is 0 Å². The van der Waals surface area contributed by atoms with Crippen molar-refractivity contribution in [2.45, 2.75) is 38.8 Å². The van der Waals surface area contributed by atoms with Gasteiger partial charge in [0.1, 0.15) is 5.82 Å². The standard InChI is InChI=1S/C19H29FN4O/c1-3-23-9-11-24(12-10-23)18-7-6-15(20)13-16(18)14(2)22-19(25)17-5-4-8-21-17/h6-7,13-14,17,21H,3-5,8-12H2,1-2H3,(H,22,25)/t14?,17-/m0/s1. The summed E-state index contributed by atoms with van der Waals surface area (Å²) in [6.45, 7) is 9.94. The Morgan fingerprint density at radius 2 is 2.12 bits per heavy atom. The van der Waals surface area contributed by atoms with E-state index in [1.807, 2.05) is 13.0 Å². The average molecular weight is 348 g/mol. The van der Waals surface area contributed by atoms with Crippen LogP contribution in [-0.4, -0.2) is 56.1 Å². The first-order valence-corrected chi connectivity index (χ1v) is 9.39. The number of piperazine rings is 1. The Balaban J connectivity index is 1.73. The van der Waals surface area contributed by atoms with Crippen LogP contribution in [0.3, 0.4) is 0 Å². The molecule has 1 aromatic rings. The van der Waals surface area contributed by atoms with Gasteiger partial charge in [-0.05, 0) is 51.1 Å². The van der Waals surface area contributed by atoms with Crippen LogP contribution in [0, 0.1) is 5.82 Å². The molecule has 2 aliphatic heterocycles. The minimum Gasteiger partial charge on any atom is -0.369 e. The van der Waals surface area contributed by atoms with Crippen molar-refractivity contribution in [1.82, 2.24) is 15.5 Å².